The molecule has 0 atom stereocenters. The Bertz CT molecular complexity index is 209. The van der Waals surface area contributed by atoms with Crippen molar-refractivity contribution in [1.82, 2.24) is 10.6 Å². The zero-order valence-electron chi connectivity index (χ0n) is 9.10. The summed E-state index contributed by atoms with van der Waals surface area (Å²) in [6, 6.07) is 0. The predicted molar refractivity (Wildman–Crippen MR) is 62.4 cm³/mol. The summed E-state index contributed by atoms with van der Waals surface area (Å²) in [5.41, 5.74) is 0. The number of hydrogen-bond acceptors (Lipinski definition) is 4. The van der Waals surface area contributed by atoms with Gasteiger partial charge in [-0.1, -0.05) is 12.2 Å². The van der Waals surface area contributed by atoms with Crippen LogP contribution < -0.4 is 10.6 Å². The van der Waals surface area contributed by atoms with Gasteiger partial charge < -0.3 is 10.6 Å². The Labute approximate surface area is 91.7 Å². The van der Waals surface area contributed by atoms with Gasteiger partial charge in [0, 0.05) is 13.1 Å². The quantitative estimate of drug-likeness (QED) is 0.412. The fourth-order valence-corrected chi connectivity index (χ4v) is 0.289. The molecule has 0 unspecified atom stereocenters. The van der Waals surface area contributed by atoms with Gasteiger partial charge in [-0.2, -0.15) is 8.42 Å². The Hall–Kier alpha value is -0.730. The third-order valence-electron chi connectivity index (χ3n) is 0.697. The van der Waals surface area contributed by atoms with Gasteiger partial charge >= 0.3 is 10.4 Å². The first-order valence-corrected chi connectivity index (χ1v) is 5.44. The number of likely N-dealkylation sites (N-methyl/N-ethyl adjacent to an activating group) is 2. The third-order valence-corrected chi connectivity index (χ3v) is 0.697. The van der Waals surface area contributed by atoms with E-state index in [9.17, 15) is 0 Å². The van der Waals surface area contributed by atoms with Crippen molar-refractivity contribution in [3.05, 3.63) is 25.3 Å². The van der Waals surface area contributed by atoms with Crippen LogP contribution in [0, 0.1) is 0 Å². The van der Waals surface area contributed by atoms with E-state index in [1.165, 1.54) is 0 Å². The lowest BCUT2D eigenvalue weighted by molar-refractivity contribution is 0.381. The van der Waals surface area contributed by atoms with E-state index in [1.54, 1.807) is 0 Å². The molecule has 92 valence electrons. The topological polar surface area (TPSA) is 98.7 Å². The Morgan fingerprint density at radius 2 is 1.27 bits per heavy atom. The van der Waals surface area contributed by atoms with Gasteiger partial charge in [0.05, 0.1) is 0 Å². The molecule has 0 spiro atoms. The highest BCUT2D eigenvalue weighted by Gasteiger charge is 1.84. The van der Waals surface area contributed by atoms with Crippen molar-refractivity contribution in [2.75, 3.05) is 27.2 Å². The first kappa shape index (κ1) is 19.8. The van der Waals surface area contributed by atoms with Crippen LogP contribution in [0.1, 0.15) is 0 Å². The van der Waals surface area contributed by atoms with E-state index in [1.807, 2.05) is 26.2 Å². The molecule has 0 aliphatic rings. The van der Waals surface area contributed by atoms with Crippen LogP contribution in [-0.2, 0) is 10.4 Å². The summed E-state index contributed by atoms with van der Waals surface area (Å²) >= 11 is 0. The average molecular weight is 240 g/mol. The second-order valence-electron chi connectivity index (χ2n) is 2.14. The minimum absolute atomic E-state index is 0.903. The van der Waals surface area contributed by atoms with Crippen molar-refractivity contribution in [2.24, 2.45) is 0 Å². The highest BCUT2D eigenvalue weighted by Crippen LogP contribution is 1.59. The summed E-state index contributed by atoms with van der Waals surface area (Å²) < 4.78 is 31.6. The Morgan fingerprint density at radius 1 is 1.07 bits per heavy atom. The summed E-state index contributed by atoms with van der Waals surface area (Å²) in [6.45, 7) is 8.78. The summed E-state index contributed by atoms with van der Waals surface area (Å²) in [6.07, 6.45) is 3.64. The lowest BCUT2D eigenvalue weighted by Gasteiger charge is -1.79. The van der Waals surface area contributed by atoms with E-state index < -0.39 is 10.4 Å². The molecular weight excluding hydrogens is 220 g/mol. The fourth-order valence-electron chi connectivity index (χ4n) is 0.289. The van der Waals surface area contributed by atoms with Crippen molar-refractivity contribution >= 4 is 10.4 Å². The zero-order chi connectivity index (χ0) is 12.7. The van der Waals surface area contributed by atoms with Gasteiger partial charge in [-0.25, -0.2) is 0 Å². The number of rotatable bonds is 4. The molecule has 0 saturated heterocycles. The molecule has 0 radical (unpaired) electrons. The second kappa shape index (κ2) is 15.7. The molecule has 0 aromatic heterocycles. The standard InChI is InChI=1S/2C4H9N.H2O4S/c2*1-3-4-5-2;1-5(2,3)4/h2*3,5H,1,4H2,2H3;(H2,1,2,3,4). The van der Waals surface area contributed by atoms with Crippen LogP contribution >= 0.6 is 0 Å². The molecule has 0 fully saturated rings. The summed E-state index contributed by atoms with van der Waals surface area (Å²) in [4.78, 5) is 0. The van der Waals surface area contributed by atoms with Crippen LogP contribution in [-0.4, -0.2) is 44.7 Å². The maximum atomic E-state index is 8.74. The van der Waals surface area contributed by atoms with Gasteiger partial charge in [0.15, 0.2) is 0 Å². The molecule has 0 aliphatic heterocycles. The molecule has 0 saturated carbocycles. The molecule has 4 N–H and O–H groups in total. The van der Waals surface area contributed by atoms with Crippen LogP contribution in [0.15, 0.2) is 25.3 Å². The lowest BCUT2D eigenvalue weighted by atomic mass is 10.6. The first-order valence-electron chi connectivity index (χ1n) is 4.04. The fraction of sp³-hybridized carbons (Fsp3) is 0.500. The van der Waals surface area contributed by atoms with E-state index in [0.29, 0.717) is 0 Å². The monoisotopic (exact) mass is 240 g/mol. The molecule has 7 heteroatoms. The van der Waals surface area contributed by atoms with Gasteiger partial charge in [0.2, 0.25) is 0 Å². The van der Waals surface area contributed by atoms with Crippen molar-refractivity contribution in [3.63, 3.8) is 0 Å². The Kier molecular flexibility index (Phi) is 20.7. The molecule has 0 aliphatic carbocycles. The van der Waals surface area contributed by atoms with Gasteiger partial charge in [-0.15, -0.1) is 13.2 Å². The van der Waals surface area contributed by atoms with Crippen LogP contribution in [0.5, 0.6) is 0 Å². The average Bonchev–Trinajstić information content (AvgIpc) is 2.05. The van der Waals surface area contributed by atoms with E-state index in [4.69, 9.17) is 17.5 Å². The Balaban J connectivity index is -0.000000144. The molecule has 0 heterocycles. The van der Waals surface area contributed by atoms with Gasteiger partial charge in [-0.05, 0) is 14.1 Å². The normalized spacial score (nSPS) is 8.80. The van der Waals surface area contributed by atoms with Gasteiger partial charge in [0.25, 0.3) is 0 Å². The maximum absolute atomic E-state index is 8.74. The van der Waals surface area contributed by atoms with E-state index in [-0.39, 0.29) is 0 Å². The highest BCUT2D eigenvalue weighted by molar-refractivity contribution is 7.79. The molecule has 0 amide bonds. The minimum Gasteiger partial charge on any atom is -0.316 e. The van der Waals surface area contributed by atoms with E-state index in [2.05, 4.69) is 23.8 Å². The number of hydrogen-bond donors (Lipinski definition) is 4. The molecule has 0 aromatic carbocycles. The van der Waals surface area contributed by atoms with Gasteiger partial charge in [-0.3, -0.25) is 9.11 Å². The number of nitrogens with one attached hydrogen (secondary N) is 2. The molecule has 6 nitrogen and oxygen atoms in total. The SMILES string of the molecule is C=CCNC.C=CCNC.O=S(=O)(O)O. The largest absolute Gasteiger partial charge is 0.394 e. The van der Waals surface area contributed by atoms with Crippen molar-refractivity contribution < 1.29 is 17.5 Å². The van der Waals surface area contributed by atoms with Gasteiger partial charge in [0.1, 0.15) is 0 Å². The first-order chi connectivity index (χ1) is 6.83. The van der Waals surface area contributed by atoms with E-state index in [0.717, 1.165) is 13.1 Å². The molecule has 15 heavy (non-hydrogen) atoms. The van der Waals surface area contributed by atoms with Crippen LogP contribution in [0.3, 0.4) is 0 Å². The second-order valence-corrected chi connectivity index (χ2v) is 3.04. The van der Waals surface area contributed by atoms with Crippen LogP contribution in [0.4, 0.5) is 0 Å². The molecule has 0 aromatic rings. The summed E-state index contributed by atoms with van der Waals surface area (Å²) in [5.74, 6) is 0. The van der Waals surface area contributed by atoms with Crippen molar-refractivity contribution in [1.29, 1.82) is 0 Å². The van der Waals surface area contributed by atoms with Crippen molar-refractivity contribution in [3.8, 4) is 0 Å². The molecule has 0 rings (SSSR count). The molecular formula is C8H20N2O4S. The Morgan fingerprint density at radius 3 is 1.27 bits per heavy atom. The smallest absolute Gasteiger partial charge is 0.316 e. The maximum Gasteiger partial charge on any atom is 0.394 e. The lowest BCUT2D eigenvalue weighted by Crippen LogP contribution is -2.02. The molecule has 0 bridgehead atoms. The predicted octanol–water partition coefficient (Wildman–Crippen LogP) is 0.131. The minimum atomic E-state index is -4.67. The third kappa shape index (κ3) is 158. The highest BCUT2D eigenvalue weighted by atomic mass is 32.3. The zero-order valence-corrected chi connectivity index (χ0v) is 9.92. The van der Waals surface area contributed by atoms with E-state index >= 15 is 0 Å². The summed E-state index contributed by atoms with van der Waals surface area (Å²) in [7, 11) is -0.886. The van der Waals surface area contributed by atoms with Crippen LogP contribution in [0.25, 0.3) is 0 Å². The summed E-state index contributed by atoms with van der Waals surface area (Å²) in [5, 5.41) is 5.80. The van der Waals surface area contributed by atoms with Crippen LogP contribution in [0.2, 0.25) is 0 Å². The van der Waals surface area contributed by atoms with Crippen molar-refractivity contribution in [2.45, 2.75) is 0 Å².